The summed E-state index contributed by atoms with van der Waals surface area (Å²) in [5.41, 5.74) is 1.29. The van der Waals surface area contributed by atoms with Gasteiger partial charge in [-0.3, -0.25) is 4.72 Å². The van der Waals surface area contributed by atoms with Crippen LogP contribution in [0.1, 0.15) is 13.3 Å². The predicted molar refractivity (Wildman–Crippen MR) is 88.2 cm³/mol. The summed E-state index contributed by atoms with van der Waals surface area (Å²) in [7, 11) is -1.69. The molecule has 1 aromatic heterocycles. The molecule has 6 nitrogen and oxygen atoms in total. The molecule has 1 heterocycles. The van der Waals surface area contributed by atoms with Gasteiger partial charge in [0.2, 0.25) is 10.0 Å². The summed E-state index contributed by atoms with van der Waals surface area (Å²) >= 11 is 0. The fourth-order valence-electron chi connectivity index (χ4n) is 1.88. The maximum Gasteiger partial charge on any atom is 0.232 e. The second-order valence-corrected chi connectivity index (χ2v) is 6.55. The largest absolute Gasteiger partial charge is 0.497 e. The van der Waals surface area contributed by atoms with Crippen molar-refractivity contribution < 1.29 is 13.2 Å². The highest BCUT2D eigenvalue weighted by atomic mass is 32.2. The van der Waals surface area contributed by atoms with Crippen LogP contribution in [0, 0.1) is 0 Å². The van der Waals surface area contributed by atoms with Gasteiger partial charge in [-0.2, -0.15) is 0 Å². The van der Waals surface area contributed by atoms with Crippen LogP contribution in [0.5, 0.6) is 5.75 Å². The van der Waals surface area contributed by atoms with E-state index in [1.165, 1.54) is 6.20 Å². The molecule has 0 saturated carbocycles. The molecule has 0 aliphatic rings. The summed E-state index contributed by atoms with van der Waals surface area (Å²) in [5, 5.41) is 3.13. The Balaban J connectivity index is 2.05. The molecule has 2 N–H and O–H groups in total. The van der Waals surface area contributed by atoms with Gasteiger partial charge in [0, 0.05) is 11.8 Å². The molecule has 2 aromatic rings. The third-order valence-corrected chi connectivity index (χ3v) is 4.34. The first kappa shape index (κ1) is 16.1. The highest BCUT2D eigenvalue weighted by Gasteiger charge is 2.08. The molecule has 0 aliphatic carbocycles. The summed E-state index contributed by atoms with van der Waals surface area (Å²) in [4.78, 5) is 4.19. The van der Waals surface area contributed by atoms with E-state index in [4.69, 9.17) is 4.74 Å². The van der Waals surface area contributed by atoms with Gasteiger partial charge in [-0.1, -0.05) is 13.0 Å². The van der Waals surface area contributed by atoms with Crippen LogP contribution in [0.3, 0.4) is 0 Å². The van der Waals surface area contributed by atoms with Gasteiger partial charge in [-0.05, 0) is 30.7 Å². The van der Waals surface area contributed by atoms with Crippen molar-refractivity contribution in [3.8, 4) is 5.75 Å². The molecular formula is C15H19N3O3S. The monoisotopic (exact) mass is 321 g/mol. The fraction of sp³-hybridized carbons (Fsp3) is 0.267. The van der Waals surface area contributed by atoms with E-state index < -0.39 is 10.0 Å². The normalized spacial score (nSPS) is 11.0. The third kappa shape index (κ3) is 4.63. The van der Waals surface area contributed by atoms with Crippen LogP contribution in [-0.2, 0) is 10.0 Å². The van der Waals surface area contributed by atoms with Crippen LogP contribution >= 0.6 is 0 Å². The van der Waals surface area contributed by atoms with Gasteiger partial charge >= 0.3 is 0 Å². The van der Waals surface area contributed by atoms with E-state index in [2.05, 4.69) is 15.0 Å². The van der Waals surface area contributed by atoms with Gasteiger partial charge in [0.1, 0.15) is 11.6 Å². The number of sulfonamides is 1. The highest BCUT2D eigenvalue weighted by Crippen LogP contribution is 2.21. The average Bonchev–Trinajstić information content (AvgIpc) is 2.49. The Morgan fingerprint density at radius 1 is 1.18 bits per heavy atom. The van der Waals surface area contributed by atoms with Gasteiger partial charge in [0.25, 0.3) is 0 Å². The SMILES string of the molecule is CCCS(=O)(=O)Nc1ccc(Nc2cccc(OC)c2)nc1. The van der Waals surface area contributed by atoms with Crippen LogP contribution in [0.15, 0.2) is 42.6 Å². The number of rotatable bonds is 7. The summed E-state index contributed by atoms with van der Waals surface area (Å²) in [6, 6.07) is 10.8. The molecule has 22 heavy (non-hydrogen) atoms. The van der Waals surface area contributed by atoms with E-state index >= 15 is 0 Å². The average molecular weight is 321 g/mol. The van der Waals surface area contributed by atoms with Crippen molar-refractivity contribution >= 4 is 27.2 Å². The van der Waals surface area contributed by atoms with Crippen molar-refractivity contribution in [3.05, 3.63) is 42.6 Å². The Labute approximate surface area is 130 Å². The number of ether oxygens (including phenoxy) is 1. The third-order valence-electron chi connectivity index (χ3n) is 2.85. The second kappa shape index (κ2) is 7.13. The molecule has 2 rings (SSSR count). The van der Waals surface area contributed by atoms with E-state index in [1.54, 1.807) is 19.2 Å². The standard InChI is InChI=1S/C15H19N3O3S/c1-3-9-22(19,20)18-13-7-8-15(16-11-13)17-12-5-4-6-14(10-12)21-2/h4-8,10-11,18H,3,9H2,1-2H3,(H,16,17). The number of methoxy groups -OCH3 is 1. The lowest BCUT2D eigenvalue weighted by atomic mass is 10.3. The Morgan fingerprint density at radius 2 is 2.00 bits per heavy atom. The maximum atomic E-state index is 11.7. The number of nitrogens with one attached hydrogen (secondary N) is 2. The quantitative estimate of drug-likeness (QED) is 0.819. The fourth-order valence-corrected chi connectivity index (χ4v) is 3.00. The Bertz CT molecular complexity index is 715. The zero-order valence-electron chi connectivity index (χ0n) is 12.5. The van der Waals surface area contributed by atoms with E-state index in [0.29, 0.717) is 17.9 Å². The van der Waals surface area contributed by atoms with Crippen LogP contribution in [-0.4, -0.2) is 26.3 Å². The molecule has 0 fully saturated rings. The van der Waals surface area contributed by atoms with Crippen molar-refractivity contribution in [3.63, 3.8) is 0 Å². The molecule has 0 spiro atoms. The number of hydrogen-bond acceptors (Lipinski definition) is 5. The van der Waals surface area contributed by atoms with E-state index in [0.717, 1.165) is 11.4 Å². The lowest BCUT2D eigenvalue weighted by Gasteiger charge is -2.09. The van der Waals surface area contributed by atoms with E-state index in [-0.39, 0.29) is 5.75 Å². The topological polar surface area (TPSA) is 80.3 Å². The van der Waals surface area contributed by atoms with Gasteiger partial charge in [-0.25, -0.2) is 13.4 Å². The van der Waals surface area contributed by atoms with Gasteiger partial charge in [-0.15, -0.1) is 0 Å². The molecule has 7 heteroatoms. The second-order valence-electron chi connectivity index (χ2n) is 4.71. The van der Waals surface area contributed by atoms with Crippen LogP contribution in [0.2, 0.25) is 0 Å². The predicted octanol–water partition coefficient (Wildman–Crippen LogP) is 2.99. The molecule has 0 saturated heterocycles. The maximum absolute atomic E-state index is 11.7. The number of nitrogens with zero attached hydrogens (tertiary/aromatic N) is 1. The molecular weight excluding hydrogens is 302 g/mol. The van der Waals surface area contributed by atoms with E-state index in [9.17, 15) is 8.42 Å². The van der Waals surface area contributed by atoms with Crippen LogP contribution < -0.4 is 14.8 Å². The lowest BCUT2D eigenvalue weighted by Crippen LogP contribution is -2.16. The molecule has 1 aromatic carbocycles. The summed E-state index contributed by atoms with van der Waals surface area (Å²) in [5.74, 6) is 1.46. The van der Waals surface area contributed by atoms with Gasteiger partial charge < -0.3 is 10.1 Å². The molecule has 0 amide bonds. The van der Waals surface area contributed by atoms with Crippen molar-refractivity contribution in [1.29, 1.82) is 0 Å². The Morgan fingerprint density at radius 3 is 2.64 bits per heavy atom. The minimum absolute atomic E-state index is 0.0941. The van der Waals surface area contributed by atoms with Gasteiger partial charge in [0.15, 0.2) is 0 Å². The first-order valence-corrected chi connectivity index (χ1v) is 8.55. The number of pyridine rings is 1. The van der Waals surface area contributed by atoms with E-state index in [1.807, 2.05) is 31.2 Å². The number of anilines is 3. The molecule has 0 radical (unpaired) electrons. The molecule has 0 unspecified atom stereocenters. The number of aromatic nitrogens is 1. The Kier molecular flexibility index (Phi) is 5.21. The number of hydrogen-bond donors (Lipinski definition) is 2. The molecule has 0 bridgehead atoms. The first-order chi connectivity index (χ1) is 10.5. The number of benzene rings is 1. The highest BCUT2D eigenvalue weighted by molar-refractivity contribution is 7.92. The lowest BCUT2D eigenvalue weighted by molar-refractivity contribution is 0.415. The van der Waals surface area contributed by atoms with Gasteiger partial charge in [0.05, 0.1) is 24.7 Å². The van der Waals surface area contributed by atoms with Crippen molar-refractivity contribution in [1.82, 2.24) is 4.98 Å². The molecule has 0 atom stereocenters. The summed E-state index contributed by atoms with van der Waals surface area (Å²) in [6.45, 7) is 1.82. The first-order valence-electron chi connectivity index (χ1n) is 6.90. The van der Waals surface area contributed by atoms with Crippen molar-refractivity contribution in [2.75, 3.05) is 22.9 Å². The van der Waals surface area contributed by atoms with Crippen molar-refractivity contribution in [2.45, 2.75) is 13.3 Å². The summed E-state index contributed by atoms with van der Waals surface area (Å²) < 4.78 is 31.0. The smallest absolute Gasteiger partial charge is 0.232 e. The minimum atomic E-state index is -3.29. The zero-order chi connectivity index (χ0) is 16.0. The zero-order valence-corrected chi connectivity index (χ0v) is 13.4. The van der Waals surface area contributed by atoms with Crippen molar-refractivity contribution in [2.24, 2.45) is 0 Å². The summed E-state index contributed by atoms with van der Waals surface area (Å²) in [6.07, 6.45) is 2.05. The van der Waals surface area contributed by atoms with Crippen LogP contribution in [0.4, 0.5) is 17.2 Å². The minimum Gasteiger partial charge on any atom is -0.497 e. The molecule has 0 aliphatic heterocycles. The molecule has 118 valence electrons. The van der Waals surface area contributed by atoms with Crippen LogP contribution in [0.25, 0.3) is 0 Å². The Hall–Kier alpha value is -2.28.